The fraction of sp³-hybridized carbons (Fsp3) is 0.250. The Bertz CT molecular complexity index is 873. The number of hydrogen-bond donors (Lipinski definition) is 1. The van der Waals surface area contributed by atoms with E-state index in [0.29, 0.717) is 5.01 Å². The van der Waals surface area contributed by atoms with Crippen molar-refractivity contribution in [3.63, 3.8) is 0 Å². The molecule has 1 atom stereocenters. The zero-order valence-corrected chi connectivity index (χ0v) is 15.5. The highest BCUT2D eigenvalue weighted by Crippen LogP contribution is 2.23. The first-order valence-corrected chi connectivity index (χ1v) is 9.23. The van der Waals surface area contributed by atoms with Crippen molar-refractivity contribution in [1.82, 2.24) is 10.3 Å². The van der Waals surface area contributed by atoms with Gasteiger partial charge in [0, 0.05) is 0 Å². The number of thiazole rings is 1. The minimum Gasteiger partial charge on any atom is -0.445 e. The van der Waals surface area contributed by atoms with Crippen LogP contribution in [0.1, 0.15) is 29.2 Å². The Morgan fingerprint density at radius 1 is 1.08 bits per heavy atom. The molecule has 1 amide bonds. The summed E-state index contributed by atoms with van der Waals surface area (Å²) in [5.74, 6) is -0.281. The van der Waals surface area contributed by atoms with Crippen molar-refractivity contribution in [3.8, 4) is 0 Å². The maximum atomic E-state index is 12.8. The summed E-state index contributed by atoms with van der Waals surface area (Å²) in [4.78, 5) is 29.4. The smallest absolute Gasteiger partial charge is 0.408 e. The number of nitrogens with zero attached hydrogens (tertiary/aromatic N) is 1. The third-order valence-electron chi connectivity index (χ3n) is 3.94. The highest BCUT2D eigenvalue weighted by molar-refractivity contribution is 7.20. The monoisotopic (exact) mass is 368 g/mol. The highest BCUT2D eigenvalue weighted by Gasteiger charge is 2.28. The van der Waals surface area contributed by atoms with Crippen molar-refractivity contribution in [2.45, 2.75) is 26.5 Å². The van der Waals surface area contributed by atoms with Gasteiger partial charge in [-0.25, -0.2) is 9.78 Å². The average molecular weight is 368 g/mol. The summed E-state index contributed by atoms with van der Waals surface area (Å²) in [6.07, 6.45) is -0.609. The average Bonchev–Trinajstić information content (AvgIpc) is 3.09. The summed E-state index contributed by atoms with van der Waals surface area (Å²) in [6.45, 7) is 3.92. The lowest BCUT2D eigenvalue weighted by molar-refractivity contribution is 0.0886. The number of alkyl carbamates (subject to hydrolysis) is 1. The number of carbonyl (C=O) groups is 2. The van der Waals surface area contributed by atoms with Crippen molar-refractivity contribution < 1.29 is 14.3 Å². The summed E-state index contributed by atoms with van der Waals surface area (Å²) in [5.41, 5.74) is 1.68. The molecule has 0 bridgehead atoms. The summed E-state index contributed by atoms with van der Waals surface area (Å²) in [7, 11) is 0. The van der Waals surface area contributed by atoms with Gasteiger partial charge < -0.3 is 10.1 Å². The molecule has 1 heterocycles. The molecule has 3 aromatic rings. The summed E-state index contributed by atoms with van der Waals surface area (Å²) < 4.78 is 6.18. The van der Waals surface area contributed by atoms with Crippen LogP contribution in [0.4, 0.5) is 4.79 Å². The Hall–Kier alpha value is -2.73. The first-order valence-electron chi connectivity index (χ1n) is 8.41. The number of nitrogens with one attached hydrogen (secondary N) is 1. The van der Waals surface area contributed by atoms with Crippen LogP contribution >= 0.6 is 11.3 Å². The van der Waals surface area contributed by atoms with Crippen molar-refractivity contribution in [1.29, 1.82) is 0 Å². The van der Waals surface area contributed by atoms with Crippen LogP contribution in [-0.2, 0) is 11.3 Å². The van der Waals surface area contributed by atoms with E-state index in [4.69, 9.17) is 4.74 Å². The molecule has 0 unspecified atom stereocenters. The molecule has 6 heteroatoms. The number of hydrogen-bond acceptors (Lipinski definition) is 5. The maximum absolute atomic E-state index is 12.8. The van der Waals surface area contributed by atoms with E-state index in [2.05, 4.69) is 10.3 Å². The number of para-hydroxylation sites is 1. The second-order valence-corrected chi connectivity index (χ2v) is 7.31. The van der Waals surface area contributed by atoms with E-state index in [1.54, 1.807) is 0 Å². The predicted molar refractivity (Wildman–Crippen MR) is 102 cm³/mol. The quantitative estimate of drug-likeness (QED) is 0.654. The minimum absolute atomic E-state index is 0.0845. The molecule has 0 saturated heterocycles. The molecular formula is C20H20N2O3S. The SMILES string of the molecule is CC(C)[C@H](NC(=O)OCc1ccccc1)C(=O)c1nc2ccccc2s1. The van der Waals surface area contributed by atoms with Crippen molar-refractivity contribution in [3.05, 3.63) is 65.2 Å². The first-order chi connectivity index (χ1) is 12.5. The summed E-state index contributed by atoms with van der Waals surface area (Å²) >= 11 is 1.34. The summed E-state index contributed by atoms with van der Waals surface area (Å²) in [6, 6.07) is 16.3. The van der Waals surface area contributed by atoms with Crippen molar-refractivity contribution in [2.24, 2.45) is 5.92 Å². The van der Waals surface area contributed by atoms with E-state index in [0.717, 1.165) is 15.8 Å². The number of fused-ring (bicyclic) bond motifs is 1. The van der Waals surface area contributed by atoms with Gasteiger partial charge in [-0.1, -0.05) is 56.3 Å². The largest absolute Gasteiger partial charge is 0.445 e. The van der Waals surface area contributed by atoms with E-state index >= 15 is 0 Å². The predicted octanol–water partition coefficient (Wildman–Crippen LogP) is 4.43. The lowest BCUT2D eigenvalue weighted by atomic mass is 10.0. The lowest BCUT2D eigenvalue weighted by Crippen LogP contribution is -2.44. The molecule has 3 rings (SSSR count). The molecule has 5 nitrogen and oxygen atoms in total. The van der Waals surface area contributed by atoms with Gasteiger partial charge in [0.2, 0.25) is 5.78 Å². The summed E-state index contributed by atoms with van der Waals surface area (Å²) in [5, 5.41) is 3.08. The molecule has 134 valence electrons. The van der Waals surface area contributed by atoms with Crippen LogP contribution in [0.15, 0.2) is 54.6 Å². The van der Waals surface area contributed by atoms with Crippen LogP contribution in [0.3, 0.4) is 0 Å². The molecule has 0 aliphatic carbocycles. The number of benzene rings is 2. The zero-order chi connectivity index (χ0) is 18.5. The Labute approximate surface area is 156 Å². The molecule has 2 aromatic carbocycles. The molecule has 0 saturated carbocycles. The van der Waals surface area contributed by atoms with E-state index in [-0.39, 0.29) is 18.3 Å². The lowest BCUT2D eigenvalue weighted by Gasteiger charge is -2.19. The van der Waals surface area contributed by atoms with Crippen molar-refractivity contribution >= 4 is 33.4 Å². The molecule has 0 aliphatic heterocycles. The number of aromatic nitrogens is 1. The minimum atomic E-state index is -0.682. The van der Waals surface area contributed by atoms with Gasteiger partial charge in [-0.2, -0.15) is 0 Å². The fourth-order valence-corrected chi connectivity index (χ4v) is 3.48. The number of ketones is 1. The van der Waals surface area contributed by atoms with Crippen LogP contribution in [0.2, 0.25) is 0 Å². The van der Waals surface area contributed by atoms with E-state index < -0.39 is 12.1 Å². The highest BCUT2D eigenvalue weighted by atomic mass is 32.1. The topological polar surface area (TPSA) is 68.3 Å². The molecule has 0 aliphatic rings. The van der Waals surface area contributed by atoms with E-state index in [1.807, 2.05) is 68.4 Å². The molecule has 1 aromatic heterocycles. The van der Waals surface area contributed by atoms with Gasteiger partial charge in [0.25, 0.3) is 0 Å². The fourth-order valence-electron chi connectivity index (χ4n) is 2.54. The molecular weight excluding hydrogens is 348 g/mol. The standard InChI is InChI=1S/C20H20N2O3S/c1-13(2)17(22-20(24)25-12-14-8-4-3-5-9-14)18(23)19-21-15-10-6-7-11-16(15)26-19/h3-11,13,17H,12H2,1-2H3,(H,22,24)/t17-/m0/s1. The molecule has 26 heavy (non-hydrogen) atoms. The number of ether oxygens (including phenoxy) is 1. The van der Waals surface area contributed by atoms with Gasteiger partial charge in [0.05, 0.1) is 10.2 Å². The first kappa shape index (κ1) is 18.1. The molecule has 1 N–H and O–H groups in total. The van der Waals surface area contributed by atoms with Gasteiger partial charge in [-0.15, -0.1) is 11.3 Å². The van der Waals surface area contributed by atoms with Gasteiger partial charge in [-0.05, 0) is 23.6 Å². The number of rotatable bonds is 6. The maximum Gasteiger partial charge on any atom is 0.408 e. The molecule has 0 spiro atoms. The van der Waals surface area contributed by atoms with E-state index in [1.165, 1.54) is 11.3 Å². The zero-order valence-electron chi connectivity index (χ0n) is 14.6. The Balaban J connectivity index is 1.68. The van der Waals surface area contributed by atoms with Crippen LogP contribution < -0.4 is 5.32 Å². The Morgan fingerprint density at radius 3 is 2.46 bits per heavy atom. The normalized spacial score (nSPS) is 12.1. The van der Waals surface area contributed by atoms with Crippen molar-refractivity contribution in [2.75, 3.05) is 0 Å². The van der Waals surface area contributed by atoms with Crippen LogP contribution in [0, 0.1) is 5.92 Å². The van der Waals surface area contributed by atoms with Gasteiger partial charge in [-0.3, -0.25) is 4.79 Å². The number of Topliss-reactive ketones (excluding diaryl/α,β-unsaturated/α-hetero) is 1. The third-order valence-corrected chi connectivity index (χ3v) is 4.99. The molecule has 0 radical (unpaired) electrons. The Kier molecular flexibility index (Phi) is 5.63. The molecule has 0 fully saturated rings. The van der Waals surface area contributed by atoms with Crippen LogP contribution in [-0.4, -0.2) is 22.9 Å². The van der Waals surface area contributed by atoms with Crippen LogP contribution in [0.25, 0.3) is 10.2 Å². The van der Waals surface area contributed by atoms with Gasteiger partial charge in [0.1, 0.15) is 12.6 Å². The van der Waals surface area contributed by atoms with Crippen LogP contribution in [0.5, 0.6) is 0 Å². The Morgan fingerprint density at radius 2 is 1.77 bits per heavy atom. The number of amides is 1. The van der Waals surface area contributed by atoms with Gasteiger partial charge in [0.15, 0.2) is 5.01 Å². The van der Waals surface area contributed by atoms with E-state index in [9.17, 15) is 9.59 Å². The van der Waals surface area contributed by atoms with Gasteiger partial charge >= 0.3 is 6.09 Å². The third kappa shape index (κ3) is 4.26. The second-order valence-electron chi connectivity index (χ2n) is 6.28. The second kappa shape index (κ2) is 8.10. The number of carbonyl (C=O) groups excluding carboxylic acids is 2.